The third kappa shape index (κ3) is 2.25. The third-order valence-corrected chi connectivity index (χ3v) is 2.39. The molecular formula is C11H15Cl. The quantitative estimate of drug-likeness (QED) is 0.626. The van der Waals surface area contributed by atoms with Gasteiger partial charge in [-0.3, -0.25) is 0 Å². The van der Waals surface area contributed by atoms with E-state index in [9.17, 15) is 0 Å². The van der Waals surface area contributed by atoms with Crippen LogP contribution in [0.2, 0.25) is 0 Å². The van der Waals surface area contributed by atoms with Gasteiger partial charge in [0, 0.05) is 5.88 Å². The molecule has 0 aliphatic heterocycles. The lowest BCUT2D eigenvalue weighted by atomic mass is 10.0. The number of benzene rings is 1. The van der Waals surface area contributed by atoms with Crippen LogP contribution in [0.25, 0.3) is 0 Å². The summed E-state index contributed by atoms with van der Waals surface area (Å²) in [6.07, 6.45) is 2.38. The standard InChI is InChI=1S/C11H15Cl/c1-3-4-11-6-5-10(8-12)7-9(11)2/h5-7H,3-4,8H2,1-2H3. The summed E-state index contributed by atoms with van der Waals surface area (Å²) in [5.41, 5.74) is 4.04. The molecule has 0 heterocycles. The lowest BCUT2D eigenvalue weighted by Gasteiger charge is -2.05. The molecule has 0 aromatic heterocycles. The van der Waals surface area contributed by atoms with Crippen molar-refractivity contribution in [2.75, 3.05) is 0 Å². The van der Waals surface area contributed by atoms with E-state index in [2.05, 4.69) is 32.0 Å². The second-order valence-corrected chi connectivity index (χ2v) is 3.41. The summed E-state index contributed by atoms with van der Waals surface area (Å²) >= 11 is 5.73. The lowest BCUT2D eigenvalue weighted by Crippen LogP contribution is -1.89. The highest BCUT2D eigenvalue weighted by atomic mass is 35.5. The van der Waals surface area contributed by atoms with E-state index in [1.807, 2.05) is 0 Å². The highest BCUT2D eigenvalue weighted by molar-refractivity contribution is 6.17. The van der Waals surface area contributed by atoms with Gasteiger partial charge in [-0.05, 0) is 30.0 Å². The second-order valence-electron chi connectivity index (χ2n) is 3.14. The highest BCUT2D eigenvalue weighted by Gasteiger charge is 1.97. The van der Waals surface area contributed by atoms with Crippen molar-refractivity contribution in [1.29, 1.82) is 0 Å². The van der Waals surface area contributed by atoms with Crippen molar-refractivity contribution < 1.29 is 0 Å². The van der Waals surface area contributed by atoms with Crippen molar-refractivity contribution in [3.8, 4) is 0 Å². The van der Waals surface area contributed by atoms with Crippen molar-refractivity contribution in [3.63, 3.8) is 0 Å². The summed E-state index contributed by atoms with van der Waals surface area (Å²) in [7, 11) is 0. The van der Waals surface area contributed by atoms with Crippen molar-refractivity contribution in [3.05, 3.63) is 34.9 Å². The Morgan fingerprint density at radius 1 is 1.33 bits per heavy atom. The van der Waals surface area contributed by atoms with Crippen molar-refractivity contribution in [2.24, 2.45) is 0 Å². The molecule has 0 spiro atoms. The van der Waals surface area contributed by atoms with Gasteiger partial charge in [0.1, 0.15) is 0 Å². The fourth-order valence-corrected chi connectivity index (χ4v) is 1.56. The fourth-order valence-electron chi connectivity index (χ4n) is 1.39. The van der Waals surface area contributed by atoms with Gasteiger partial charge in [0.25, 0.3) is 0 Å². The molecule has 0 radical (unpaired) electrons. The average molecular weight is 183 g/mol. The summed E-state index contributed by atoms with van der Waals surface area (Å²) in [5, 5.41) is 0. The normalized spacial score (nSPS) is 10.2. The minimum Gasteiger partial charge on any atom is -0.122 e. The van der Waals surface area contributed by atoms with E-state index in [1.165, 1.54) is 29.5 Å². The van der Waals surface area contributed by atoms with E-state index in [4.69, 9.17) is 11.6 Å². The SMILES string of the molecule is CCCc1ccc(CCl)cc1C. The summed E-state index contributed by atoms with van der Waals surface area (Å²) in [6.45, 7) is 4.36. The Morgan fingerprint density at radius 3 is 2.58 bits per heavy atom. The molecule has 0 amide bonds. The Labute approximate surface area is 79.6 Å². The van der Waals surface area contributed by atoms with E-state index in [0.717, 1.165) is 0 Å². The van der Waals surface area contributed by atoms with Crippen molar-refractivity contribution >= 4 is 11.6 Å². The monoisotopic (exact) mass is 182 g/mol. The molecule has 12 heavy (non-hydrogen) atoms. The van der Waals surface area contributed by atoms with Crippen LogP contribution < -0.4 is 0 Å². The Hall–Kier alpha value is -0.490. The van der Waals surface area contributed by atoms with Gasteiger partial charge in [-0.2, -0.15) is 0 Å². The molecule has 0 unspecified atom stereocenters. The zero-order valence-electron chi connectivity index (χ0n) is 7.73. The predicted octanol–water partition coefficient (Wildman–Crippen LogP) is 3.69. The van der Waals surface area contributed by atoms with Crippen LogP contribution in [-0.4, -0.2) is 0 Å². The smallest absolute Gasteiger partial charge is 0.0474 e. The molecule has 1 heteroatoms. The molecule has 1 aromatic carbocycles. The van der Waals surface area contributed by atoms with Crippen LogP contribution in [-0.2, 0) is 12.3 Å². The molecule has 0 aliphatic rings. The fraction of sp³-hybridized carbons (Fsp3) is 0.455. The first-order chi connectivity index (χ1) is 5.77. The third-order valence-electron chi connectivity index (χ3n) is 2.08. The van der Waals surface area contributed by atoms with Crippen molar-refractivity contribution in [2.45, 2.75) is 32.6 Å². The second kappa shape index (κ2) is 4.51. The van der Waals surface area contributed by atoms with Gasteiger partial charge < -0.3 is 0 Å². The summed E-state index contributed by atoms with van der Waals surface area (Å²) in [5.74, 6) is 0.618. The molecule has 0 saturated heterocycles. The molecule has 66 valence electrons. The predicted molar refractivity (Wildman–Crippen MR) is 54.7 cm³/mol. The molecule has 0 N–H and O–H groups in total. The molecular weight excluding hydrogens is 168 g/mol. The first-order valence-corrected chi connectivity index (χ1v) is 4.95. The lowest BCUT2D eigenvalue weighted by molar-refractivity contribution is 0.911. The Bertz CT molecular complexity index is 253. The highest BCUT2D eigenvalue weighted by Crippen LogP contribution is 2.14. The molecule has 1 rings (SSSR count). The number of halogens is 1. The van der Waals surface area contributed by atoms with Gasteiger partial charge in [0.2, 0.25) is 0 Å². The van der Waals surface area contributed by atoms with Gasteiger partial charge in [0.15, 0.2) is 0 Å². The zero-order chi connectivity index (χ0) is 8.97. The summed E-state index contributed by atoms with van der Waals surface area (Å²) in [6, 6.07) is 6.49. The molecule has 0 bridgehead atoms. The van der Waals surface area contributed by atoms with E-state index in [1.54, 1.807) is 0 Å². The maximum Gasteiger partial charge on any atom is 0.0474 e. The Kier molecular flexibility index (Phi) is 3.61. The molecule has 0 atom stereocenters. The van der Waals surface area contributed by atoms with Crippen LogP contribution in [0.3, 0.4) is 0 Å². The first kappa shape index (κ1) is 9.60. The van der Waals surface area contributed by atoms with Crippen LogP contribution in [0, 0.1) is 6.92 Å². The average Bonchev–Trinajstić information content (AvgIpc) is 2.09. The maximum atomic E-state index is 5.73. The van der Waals surface area contributed by atoms with Crippen molar-refractivity contribution in [1.82, 2.24) is 0 Å². The van der Waals surface area contributed by atoms with Crippen LogP contribution in [0.5, 0.6) is 0 Å². The van der Waals surface area contributed by atoms with Crippen LogP contribution in [0.15, 0.2) is 18.2 Å². The van der Waals surface area contributed by atoms with Gasteiger partial charge in [-0.15, -0.1) is 11.6 Å². The molecule has 1 aromatic rings. The van der Waals surface area contributed by atoms with Crippen LogP contribution in [0.4, 0.5) is 0 Å². The van der Waals surface area contributed by atoms with E-state index in [0.29, 0.717) is 5.88 Å². The Balaban J connectivity index is 2.87. The maximum absolute atomic E-state index is 5.73. The molecule has 0 fully saturated rings. The van der Waals surface area contributed by atoms with Crippen LogP contribution in [0.1, 0.15) is 30.0 Å². The van der Waals surface area contributed by atoms with Gasteiger partial charge in [-0.25, -0.2) is 0 Å². The Morgan fingerprint density at radius 2 is 2.08 bits per heavy atom. The molecule has 0 saturated carbocycles. The summed E-state index contributed by atoms with van der Waals surface area (Å²) < 4.78 is 0. The number of hydrogen-bond donors (Lipinski definition) is 0. The van der Waals surface area contributed by atoms with Gasteiger partial charge in [-0.1, -0.05) is 31.5 Å². The number of alkyl halides is 1. The summed E-state index contributed by atoms with van der Waals surface area (Å²) in [4.78, 5) is 0. The minimum atomic E-state index is 0.618. The number of hydrogen-bond acceptors (Lipinski definition) is 0. The van der Waals surface area contributed by atoms with Crippen LogP contribution >= 0.6 is 11.6 Å². The zero-order valence-corrected chi connectivity index (χ0v) is 8.49. The first-order valence-electron chi connectivity index (χ1n) is 4.42. The molecule has 0 nitrogen and oxygen atoms in total. The minimum absolute atomic E-state index is 0.618. The van der Waals surface area contributed by atoms with Gasteiger partial charge in [0.05, 0.1) is 0 Å². The topological polar surface area (TPSA) is 0 Å². The van der Waals surface area contributed by atoms with E-state index in [-0.39, 0.29) is 0 Å². The number of aryl methyl sites for hydroxylation is 2. The molecule has 0 aliphatic carbocycles. The number of rotatable bonds is 3. The van der Waals surface area contributed by atoms with E-state index < -0.39 is 0 Å². The van der Waals surface area contributed by atoms with E-state index >= 15 is 0 Å². The van der Waals surface area contributed by atoms with Gasteiger partial charge >= 0.3 is 0 Å². The largest absolute Gasteiger partial charge is 0.122 e.